The van der Waals surface area contributed by atoms with Crippen molar-refractivity contribution in [3.05, 3.63) is 81.0 Å². The lowest BCUT2D eigenvalue weighted by Gasteiger charge is -2.11. The highest BCUT2D eigenvalue weighted by molar-refractivity contribution is 7.15. The van der Waals surface area contributed by atoms with Crippen molar-refractivity contribution < 1.29 is 14.6 Å². The Morgan fingerprint density at radius 2 is 1.91 bits per heavy atom. The summed E-state index contributed by atoms with van der Waals surface area (Å²) in [4.78, 5) is 30.2. The van der Waals surface area contributed by atoms with Crippen molar-refractivity contribution >= 4 is 39.8 Å². The molecule has 0 bridgehead atoms. The fraction of sp³-hybridized carbons (Fsp3) is 0.0455. The van der Waals surface area contributed by atoms with Gasteiger partial charge in [0.25, 0.3) is 17.4 Å². The highest BCUT2D eigenvalue weighted by Crippen LogP contribution is 2.27. The van der Waals surface area contributed by atoms with Crippen molar-refractivity contribution in [2.24, 2.45) is 0 Å². The van der Waals surface area contributed by atoms with Gasteiger partial charge in [-0.25, -0.2) is 4.52 Å². The summed E-state index contributed by atoms with van der Waals surface area (Å²) in [5.74, 6) is -0.966. The Balaban J connectivity index is 1.48. The van der Waals surface area contributed by atoms with Gasteiger partial charge in [-0.05, 0) is 24.3 Å². The number of fused-ring (bicyclic) bond motifs is 1. The van der Waals surface area contributed by atoms with Crippen molar-refractivity contribution in [1.82, 2.24) is 24.4 Å². The first kappa shape index (κ1) is 21.6. The van der Waals surface area contributed by atoms with Crippen molar-refractivity contribution in [3.8, 4) is 28.4 Å². The van der Waals surface area contributed by atoms with E-state index in [1.54, 1.807) is 40.9 Å². The van der Waals surface area contributed by atoms with Gasteiger partial charge < -0.3 is 9.84 Å². The lowest BCUT2D eigenvalue weighted by Crippen LogP contribution is -2.25. The van der Waals surface area contributed by atoms with E-state index in [1.165, 1.54) is 18.4 Å². The molecule has 10 nitrogen and oxygen atoms in total. The summed E-state index contributed by atoms with van der Waals surface area (Å²) in [6, 6.07) is 14.8. The third-order valence-electron chi connectivity index (χ3n) is 4.89. The summed E-state index contributed by atoms with van der Waals surface area (Å²) < 4.78 is 7.84. The van der Waals surface area contributed by atoms with E-state index in [4.69, 9.17) is 16.3 Å². The van der Waals surface area contributed by atoms with E-state index in [1.807, 2.05) is 17.5 Å². The number of rotatable bonds is 5. The Morgan fingerprint density at radius 1 is 1.15 bits per heavy atom. The number of nitrogens with one attached hydrogen (secondary N) is 1. The summed E-state index contributed by atoms with van der Waals surface area (Å²) in [5, 5.41) is 23.7. The van der Waals surface area contributed by atoms with Crippen LogP contribution in [-0.4, -0.2) is 42.5 Å². The van der Waals surface area contributed by atoms with Gasteiger partial charge in [-0.2, -0.15) is 14.8 Å². The first-order chi connectivity index (χ1) is 16.4. The standard InChI is InChI=1S/C22H15ClN6O4S/c1-33-17-5-3-2-4-14(17)28-18(31)10-16(30)19(26-28)20(32)24-21-25-22-29(27-21)15(11-34-22)12-6-8-13(23)9-7-12/h2-11,30H,1H3,(H,24,27,32). The van der Waals surface area contributed by atoms with Gasteiger partial charge in [-0.1, -0.05) is 35.9 Å². The van der Waals surface area contributed by atoms with E-state index in [2.05, 4.69) is 20.5 Å². The molecule has 0 unspecified atom stereocenters. The maximum Gasteiger partial charge on any atom is 0.282 e. The number of thiazole rings is 1. The number of aromatic nitrogens is 5. The Labute approximate surface area is 200 Å². The number of hydrogen-bond donors (Lipinski definition) is 2. The monoisotopic (exact) mass is 494 g/mol. The van der Waals surface area contributed by atoms with E-state index in [0.29, 0.717) is 21.4 Å². The summed E-state index contributed by atoms with van der Waals surface area (Å²) >= 11 is 7.31. The number of halogens is 1. The molecule has 3 heterocycles. The van der Waals surface area contributed by atoms with Crippen LogP contribution in [0.15, 0.2) is 64.8 Å². The largest absolute Gasteiger partial charge is 0.505 e. The Morgan fingerprint density at radius 3 is 2.68 bits per heavy atom. The SMILES string of the molecule is COc1ccccc1-n1nc(C(=O)Nc2nc3scc(-c4ccc(Cl)cc4)n3n2)c(O)cc1=O. The molecule has 170 valence electrons. The Hall–Kier alpha value is -4.22. The number of anilines is 1. The maximum absolute atomic E-state index is 12.9. The van der Waals surface area contributed by atoms with Crippen molar-refractivity contribution in [2.45, 2.75) is 0 Å². The van der Waals surface area contributed by atoms with Crippen LogP contribution in [0.3, 0.4) is 0 Å². The predicted octanol–water partition coefficient (Wildman–Crippen LogP) is 3.62. The zero-order valence-electron chi connectivity index (χ0n) is 17.5. The van der Waals surface area contributed by atoms with E-state index in [0.717, 1.165) is 22.0 Å². The molecule has 5 aromatic rings. The molecule has 2 aromatic carbocycles. The zero-order valence-corrected chi connectivity index (χ0v) is 19.0. The Kier molecular flexibility index (Phi) is 5.48. The van der Waals surface area contributed by atoms with Crippen molar-refractivity contribution in [2.75, 3.05) is 12.4 Å². The average Bonchev–Trinajstić information content (AvgIpc) is 3.40. The van der Waals surface area contributed by atoms with Gasteiger partial charge in [0.15, 0.2) is 11.4 Å². The van der Waals surface area contributed by atoms with E-state index < -0.39 is 17.2 Å². The van der Waals surface area contributed by atoms with Gasteiger partial charge >= 0.3 is 0 Å². The fourth-order valence-electron chi connectivity index (χ4n) is 3.30. The lowest BCUT2D eigenvalue weighted by atomic mass is 10.2. The minimum atomic E-state index is -0.785. The molecule has 12 heteroatoms. The average molecular weight is 495 g/mol. The molecule has 2 N–H and O–H groups in total. The highest BCUT2D eigenvalue weighted by atomic mass is 35.5. The number of hydrogen-bond acceptors (Lipinski definition) is 8. The normalized spacial score (nSPS) is 11.0. The van der Waals surface area contributed by atoms with Crippen molar-refractivity contribution in [3.63, 3.8) is 0 Å². The van der Waals surface area contributed by atoms with Crippen LogP contribution < -0.4 is 15.6 Å². The van der Waals surface area contributed by atoms with Crippen LogP contribution in [0.2, 0.25) is 5.02 Å². The number of para-hydroxylation sites is 2. The van der Waals surface area contributed by atoms with Crippen LogP contribution in [0.5, 0.6) is 11.5 Å². The van der Waals surface area contributed by atoms with Crippen LogP contribution in [0.1, 0.15) is 10.5 Å². The van der Waals surface area contributed by atoms with Crippen LogP contribution in [0, 0.1) is 0 Å². The first-order valence-corrected chi connectivity index (χ1v) is 11.1. The molecule has 0 aliphatic heterocycles. The van der Waals surface area contributed by atoms with Crippen LogP contribution in [-0.2, 0) is 0 Å². The molecule has 0 aliphatic carbocycles. The number of carbonyl (C=O) groups is 1. The van der Waals surface area contributed by atoms with E-state index >= 15 is 0 Å². The first-order valence-electron chi connectivity index (χ1n) is 9.83. The predicted molar refractivity (Wildman–Crippen MR) is 127 cm³/mol. The molecule has 3 aromatic heterocycles. The number of nitrogens with zero attached hydrogens (tertiary/aromatic N) is 5. The molecule has 0 saturated heterocycles. The van der Waals surface area contributed by atoms with Crippen molar-refractivity contribution in [1.29, 1.82) is 0 Å². The topological polar surface area (TPSA) is 124 Å². The molecule has 0 atom stereocenters. The number of benzene rings is 2. The number of methoxy groups -OCH3 is 1. The van der Waals surface area contributed by atoms with Gasteiger partial charge in [-0.15, -0.1) is 16.4 Å². The molecule has 34 heavy (non-hydrogen) atoms. The third-order valence-corrected chi connectivity index (χ3v) is 5.96. The van der Waals surface area contributed by atoms with Gasteiger partial charge in [0.05, 0.1) is 12.8 Å². The Bertz CT molecular complexity index is 1590. The molecule has 0 spiro atoms. The summed E-state index contributed by atoms with van der Waals surface area (Å²) in [6.07, 6.45) is 0. The smallest absolute Gasteiger partial charge is 0.282 e. The number of amides is 1. The highest BCUT2D eigenvalue weighted by Gasteiger charge is 2.21. The minimum absolute atomic E-state index is 0.0169. The van der Waals surface area contributed by atoms with Crippen LogP contribution >= 0.6 is 22.9 Å². The second kappa shape index (κ2) is 8.61. The maximum atomic E-state index is 12.9. The summed E-state index contributed by atoms with van der Waals surface area (Å²) in [6.45, 7) is 0. The zero-order chi connectivity index (χ0) is 23.8. The molecular formula is C22H15ClN6O4S. The number of aromatic hydroxyl groups is 1. The van der Waals surface area contributed by atoms with Gasteiger partial charge in [0.2, 0.25) is 4.96 Å². The third kappa shape index (κ3) is 3.87. The van der Waals surface area contributed by atoms with Gasteiger partial charge in [0.1, 0.15) is 11.4 Å². The molecule has 0 radical (unpaired) electrons. The molecule has 0 fully saturated rings. The lowest BCUT2D eigenvalue weighted by molar-refractivity contribution is 0.101. The van der Waals surface area contributed by atoms with E-state index in [9.17, 15) is 14.7 Å². The molecule has 1 amide bonds. The second-order valence-corrected chi connectivity index (χ2v) is 8.28. The van der Waals surface area contributed by atoms with Crippen LogP contribution in [0.4, 0.5) is 5.95 Å². The molecule has 0 saturated carbocycles. The quantitative estimate of drug-likeness (QED) is 0.382. The second-order valence-electron chi connectivity index (χ2n) is 7.01. The summed E-state index contributed by atoms with van der Waals surface area (Å²) in [5.41, 5.74) is 0.961. The van der Waals surface area contributed by atoms with Crippen LogP contribution in [0.25, 0.3) is 21.9 Å². The minimum Gasteiger partial charge on any atom is -0.505 e. The molecular weight excluding hydrogens is 480 g/mol. The van der Waals surface area contributed by atoms with E-state index in [-0.39, 0.29) is 11.6 Å². The molecule has 5 rings (SSSR count). The number of ether oxygens (including phenoxy) is 1. The van der Waals surface area contributed by atoms with Gasteiger partial charge in [0, 0.05) is 22.0 Å². The fourth-order valence-corrected chi connectivity index (χ4v) is 4.26. The van der Waals surface area contributed by atoms with Gasteiger partial charge in [-0.3, -0.25) is 14.9 Å². The number of carbonyl (C=O) groups excluding carboxylic acids is 1. The summed E-state index contributed by atoms with van der Waals surface area (Å²) in [7, 11) is 1.45. The molecule has 0 aliphatic rings.